The van der Waals surface area contributed by atoms with Crippen LogP contribution in [0.2, 0.25) is 0 Å². The first-order valence-electron chi connectivity index (χ1n) is 8.53. The Hall–Kier alpha value is -2.82. The van der Waals surface area contributed by atoms with Gasteiger partial charge < -0.3 is 15.5 Å². The van der Waals surface area contributed by atoms with Crippen LogP contribution >= 0.6 is 0 Å². The highest BCUT2D eigenvalue weighted by atomic mass is 16.2. The minimum absolute atomic E-state index is 0.0645. The van der Waals surface area contributed by atoms with Gasteiger partial charge in [0.2, 0.25) is 5.91 Å². The standard InChI is InChI=1S/C20H25N3O2/c1-4-23(5-2)17-11-12-18(15(3)13-17)22-19(24)14-21-20(25)16-9-7-6-8-10-16/h6-13H,4-5,14H2,1-3H3,(H,21,25)(H,22,24). The number of anilines is 2. The molecule has 2 rings (SSSR count). The molecule has 0 aromatic heterocycles. The van der Waals surface area contributed by atoms with E-state index in [1.165, 1.54) is 0 Å². The quantitative estimate of drug-likeness (QED) is 0.814. The minimum Gasteiger partial charge on any atom is -0.372 e. The van der Waals surface area contributed by atoms with Crippen LogP contribution in [0.3, 0.4) is 0 Å². The Bertz CT molecular complexity index is 725. The zero-order valence-electron chi connectivity index (χ0n) is 15.0. The number of carbonyl (C=O) groups excluding carboxylic acids is 2. The number of aryl methyl sites for hydroxylation is 1. The molecule has 0 unspecified atom stereocenters. The molecule has 0 aliphatic rings. The van der Waals surface area contributed by atoms with Crippen LogP contribution in [0.15, 0.2) is 48.5 Å². The average Bonchev–Trinajstić information content (AvgIpc) is 2.63. The molecule has 2 aromatic rings. The van der Waals surface area contributed by atoms with Gasteiger partial charge in [-0.1, -0.05) is 18.2 Å². The molecular formula is C20H25N3O2. The van der Waals surface area contributed by atoms with Gasteiger partial charge in [-0.15, -0.1) is 0 Å². The smallest absolute Gasteiger partial charge is 0.251 e. The molecular weight excluding hydrogens is 314 g/mol. The van der Waals surface area contributed by atoms with Crippen molar-refractivity contribution >= 4 is 23.2 Å². The van der Waals surface area contributed by atoms with Crippen LogP contribution in [-0.4, -0.2) is 31.4 Å². The van der Waals surface area contributed by atoms with E-state index >= 15 is 0 Å². The van der Waals surface area contributed by atoms with E-state index in [1.807, 2.05) is 25.1 Å². The molecule has 132 valence electrons. The Balaban J connectivity index is 1.93. The van der Waals surface area contributed by atoms with E-state index in [1.54, 1.807) is 24.3 Å². The number of hydrogen-bond donors (Lipinski definition) is 2. The highest BCUT2D eigenvalue weighted by Gasteiger charge is 2.10. The van der Waals surface area contributed by atoms with Crippen molar-refractivity contribution in [2.75, 3.05) is 29.9 Å². The summed E-state index contributed by atoms with van der Waals surface area (Å²) in [6.07, 6.45) is 0. The van der Waals surface area contributed by atoms with E-state index in [9.17, 15) is 9.59 Å². The van der Waals surface area contributed by atoms with Gasteiger partial charge in [0.25, 0.3) is 5.91 Å². The lowest BCUT2D eigenvalue weighted by Gasteiger charge is -2.22. The summed E-state index contributed by atoms with van der Waals surface area (Å²) in [5.41, 5.74) is 3.43. The van der Waals surface area contributed by atoms with Crippen LogP contribution < -0.4 is 15.5 Å². The first-order chi connectivity index (χ1) is 12.0. The highest BCUT2D eigenvalue weighted by Crippen LogP contribution is 2.22. The lowest BCUT2D eigenvalue weighted by Crippen LogP contribution is -2.33. The van der Waals surface area contributed by atoms with Gasteiger partial charge in [0.05, 0.1) is 6.54 Å². The van der Waals surface area contributed by atoms with Crippen LogP contribution in [0, 0.1) is 6.92 Å². The third kappa shape index (κ3) is 5.08. The summed E-state index contributed by atoms with van der Waals surface area (Å²) < 4.78 is 0. The Kier molecular flexibility index (Phi) is 6.57. The fraction of sp³-hybridized carbons (Fsp3) is 0.300. The maximum atomic E-state index is 12.1. The number of rotatable bonds is 7. The van der Waals surface area contributed by atoms with Crippen molar-refractivity contribution in [1.29, 1.82) is 0 Å². The Morgan fingerprint density at radius 1 is 1.00 bits per heavy atom. The van der Waals surface area contributed by atoms with Gasteiger partial charge in [-0.25, -0.2) is 0 Å². The van der Waals surface area contributed by atoms with Crippen LogP contribution in [0.5, 0.6) is 0 Å². The van der Waals surface area contributed by atoms with Gasteiger partial charge in [0.15, 0.2) is 0 Å². The molecule has 0 bridgehead atoms. The maximum absolute atomic E-state index is 12.1. The van der Waals surface area contributed by atoms with Crippen molar-refractivity contribution in [2.45, 2.75) is 20.8 Å². The summed E-state index contributed by atoms with van der Waals surface area (Å²) >= 11 is 0. The Morgan fingerprint density at radius 3 is 2.28 bits per heavy atom. The largest absolute Gasteiger partial charge is 0.372 e. The number of benzene rings is 2. The SMILES string of the molecule is CCN(CC)c1ccc(NC(=O)CNC(=O)c2ccccc2)c(C)c1. The third-order valence-corrected chi connectivity index (χ3v) is 4.06. The Morgan fingerprint density at radius 2 is 1.68 bits per heavy atom. The first-order valence-corrected chi connectivity index (χ1v) is 8.53. The minimum atomic E-state index is -0.260. The van der Waals surface area contributed by atoms with Gasteiger partial charge in [0.1, 0.15) is 0 Å². The van der Waals surface area contributed by atoms with E-state index in [4.69, 9.17) is 0 Å². The van der Waals surface area contributed by atoms with Gasteiger partial charge >= 0.3 is 0 Å². The van der Waals surface area contributed by atoms with Crippen LogP contribution in [0.1, 0.15) is 29.8 Å². The van der Waals surface area contributed by atoms with Crippen LogP contribution in [-0.2, 0) is 4.79 Å². The van der Waals surface area contributed by atoms with Crippen molar-refractivity contribution < 1.29 is 9.59 Å². The maximum Gasteiger partial charge on any atom is 0.251 e. The molecule has 0 spiro atoms. The van der Waals surface area contributed by atoms with Gasteiger partial charge in [-0.2, -0.15) is 0 Å². The molecule has 0 radical (unpaired) electrons. The Labute approximate surface area is 149 Å². The van der Waals surface area contributed by atoms with Crippen molar-refractivity contribution in [3.63, 3.8) is 0 Å². The second kappa shape index (κ2) is 8.87. The molecule has 5 heteroatoms. The van der Waals surface area contributed by atoms with E-state index < -0.39 is 0 Å². The summed E-state index contributed by atoms with van der Waals surface area (Å²) in [6.45, 7) is 8.00. The fourth-order valence-corrected chi connectivity index (χ4v) is 2.62. The normalized spacial score (nSPS) is 10.2. The van der Waals surface area contributed by atoms with E-state index in [-0.39, 0.29) is 18.4 Å². The molecule has 0 fully saturated rings. The second-order valence-corrected chi connectivity index (χ2v) is 5.77. The molecule has 0 heterocycles. The lowest BCUT2D eigenvalue weighted by molar-refractivity contribution is -0.115. The van der Waals surface area contributed by atoms with Gasteiger partial charge in [0, 0.05) is 30.0 Å². The van der Waals surface area contributed by atoms with Crippen molar-refractivity contribution in [3.05, 3.63) is 59.7 Å². The lowest BCUT2D eigenvalue weighted by atomic mass is 10.1. The van der Waals surface area contributed by atoms with E-state index in [2.05, 4.69) is 35.4 Å². The number of carbonyl (C=O) groups is 2. The first kappa shape index (κ1) is 18.5. The zero-order valence-corrected chi connectivity index (χ0v) is 15.0. The second-order valence-electron chi connectivity index (χ2n) is 5.77. The molecule has 0 aliphatic carbocycles. The van der Waals surface area contributed by atoms with Gasteiger partial charge in [-0.3, -0.25) is 9.59 Å². The predicted octanol–water partition coefficient (Wildman–Crippen LogP) is 3.21. The topological polar surface area (TPSA) is 61.4 Å². The molecule has 5 nitrogen and oxygen atoms in total. The van der Waals surface area contributed by atoms with Crippen molar-refractivity contribution in [3.8, 4) is 0 Å². The van der Waals surface area contributed by atoms with Crippen molar-refractivity contribution in [2.24, 2.45) is 0 Å². The summed E-state index contributed by atoms with van der Waals surface area (Å²) in [5, 5.41) is 5.47. The van der Waals surface area contributed by atoms with Crippen molar-refractivity contribution in [1.82, 2.24) is 5.32 Å². The third-order valence-electron chi connectivity index (χ3n) is 4.06. The number of nitrogens with one attached hydrogen (secondary N) is 2. The number of nitrogens with zero attached hydrogens (tertiary/aromatic N) is 1. The molecule has 2 aromatic carbocycles. The molecule has 0 atom stereocenters. The monoisotopic (exact) mass is 339 g/mol. The molecule has 2 amide bonds. The highest BCUT2D eigenvalue weighted by molar-refractivity contribution is 5.99. The number of hydrogen-bond acceptors (Lipinski definition) is 3. The average molecular weight is 339 g/mol. The zero-order chi connectivity index (χ0) is 18.2. The summed E-state index contributed by atoms with van der Waals surface area (Å²) in [6, 6.07) is 14.8. The molecule has 0 saturated carbocycles. The molecule has 25 heavy (non-hydrogen) atoms. The van der Waals surface area contributed by atoms with Crippen LogP contribution in [0.4, 0.5) is 11.4 Å². The van der Waals surface area contributed by atoms with E-state index in [0.29, 0.717) is 5.56 Å². The molecule has 0 saturated heterocycles. The fourth-order valence-electron chi connectivity index (χ4n) is 2.62. The predicted molar refractivity (Wildman–Crippen MR) is 102 cm³/mol. The van der Waals surface area contributed by atoms with E-state index in [0.717, 1.165) is 30.0 Å². The van der Waals surface area contributed by atoms with Crippen LogP contribution in [0.25, 0.3) is 0 Å². The summed E-state index contributed by atoms with van der Waals surface area (Å²) in [7, 11) is 0. The summed E-state index contributed by atoms with van der Waals surface area (Å²) in [4.78, 5) is 26.3. The summed E-state index contributed by atoms with van der Waals surface area (Å²) in [5.74, 6) is -0.507. The molecule has 2 N–H and O–H groups in total. The molecule has 0 aliphatic heterocycles. The number of amides is 2. The van der Waals surface area contributed by atoms with Gasteiger partial charge in [-0.05, 0) is 56.7 Å².